The summed E-state index contributed by atoms with van der Waals surface area (Å²) in [6.45, 7) is 1.88. The second-order valence-corrected chi connectivity index (χ2v) is 6.14. The molecule has 0 aromatic carbocycles. The zero-order chi connectivity index (χ0) is 12.9. The summed E-state index contributed by atoms with van der Waals surface area (Å²) in [7, 11) is 0. The van der Waals surface area contributed by atoms with Gasteiger partial charge in [0.1, 0.15) is 0 Å². The van der Waals surface area contributed by atoms with Crippen molar-refractivity contribution >= 4 is 11.3 Å². The number of rotatable bonds is 5. The van der Waals surface area contributed by atoms with E-state index in [-0.39, 0.29) is 0 Å². The summed E-state index contributed by atoms with van der Waals surface area (Å²) in [6.07, 6.45) is 9.85. The molecule has 4 heteroatoms. The van der Waals surface area contributed by atoms with E-state index in [4.69, 9.17) is 4.98 Å². The molecule has 0 unspecified atom stereocenters. The first-order valence-electron chi connectivity index (χ1n) is 6.99. The summed E-state index contributed by atoms with van der Waals surface area (Å²) < 4.78 is 0. The topological polar surface area (TPSA) is 37.8 Å². The van der Waals surface area contributed by atoms with Crippen molar-refractivity contribution in [3.8, 4) is 0 Å². The fourth-order valence-electron chi connectivity index (χ4n) is 2.44. The van der Waals surface area contributed by atoms with E-state index in [2.05, 4.69) is 16.4 Å². The molecule has 100 valence electrons. The Morgan fingerprint density at radius 3 is 3.05 bits per heavy atom. The SMILES string of the molecule is c1cncc(CNCCc2nc3c(s2)CCCC3)c1. The van der Waals surface area contributed by atoms with Crippen LogP contribution in [0.3, 0.4) is 0 Å². The molecular formula is C15H19N3S. The predicted molar refractivity (Wildman–Crippen MR) is 78.4 cm³/mol. The maximum Gasteiger partial charge on any atom is 0.0943 e. The third-order valence-electron chi connectivity index (χ3n) is 3.46. The molecule has 0 spiro atoms. The largest absolute Gasteiger partial charge is 0.312 e. The zero-order valence-corrected chi connectivity index (χ0v) is 11.9. The molecule has 0 amide bonds. The number of fused-ring (bicyclic) bond motifs is 1. The number of aryl methyl sites for hydroxylation is 2. The van der Waals surface area contributed by atoms with Crippen molar-refractivity contribution in [1.82, 2.24) is 15.3 Å². The van der Waals surface area contributed by atoms with E-state index in [9.17, 15) is 0 Å². The van der Waals surface area contributed by atoms with Crippen LogP contribution in [0.15, 0.2) is 24.5 Å². The van der Waals surface area contributed by atoms with Gasteiger partial charge in [0.15, 0.2) is 0 Å². The molecule has 19 heavy (non-hydrogen) atoms. The molecule has 3 rings (SSSR count). The molecule has 1 aliphatic carbocycles. The molecule has 0 saturated heterocycles. The van der Waals surface area contributed by atoms with Crippen LogP contribution in [0.4, 0.5) is 0 Å². The highest BCUT2D eigenvalue weighted by Crippen LogP contribution is 2.26. The minimum atomic E-state index is 0.888. The van der Waals surface area contributed by atoms with Crippen LogP contribution in [0.1, 0.15) is 34.0 Å². The van der Waals surface area contributed by atoms with Gasteiger partial charge >= 0.3 is 0 Å². The van der Waals surface area contributed by atoms with Gasteiger partial charge in [-0.1, -0.05) is 6.07 Å². The van der Waals surface area contributed by atoms with Crippen LogP contribution in [-0.2, 0) is 25.8 Å². The van der Waals surface area contributed by atoms with E-state index in [0.717, 1.165) is 19.5 Å². The Labute approximate surface area is 118 Å². The molecule has 2 aromatic heterocycles. The summed E-state index contributed by atoms with van der Waals surface area (Å²) in [4.78, 5) is 10.4. The van der Waals surface area contributed by atoms with E-state index in [0.29, 0.717) is 0 Å². The van der Waals surface area contributed by atoms with Gasteiger partial charge in [0.25, 0.3) is 0 Å². The average molecular weight is 273 g/mol. The molecule has 3 nitrogen and oxygen atoms in total. The molecule has 0 radical (unpaired) electrons. The van der Waals surface area contributed by atoms with Gasteiger partial charge in [-0.2, -0.15) is 0 Å². The number of nitrogens with one attached hydrogen (secondary N) is 1. The van der Waals surface area contributed by atoms with Gasteiger partial charge in [0, 0.05) is 36.8 Å². The first-order chi connectivity index (χ1) is 9.42. The Kier molecular flexibility index (Phi) is 4.20. The lowest BCUT2D eigenvalue weighted by Crippen LogP contribution is -2.16. The Hall–Kier alpha value is -1.26. The lowest BCUT2D eigenvalue weighted by Gasteiger charge is -2.06. The quantitative estimate of drug-likeness (QED) is 0.851. The second-order valence-electron chi connectivity index (χ2n) is 4.97. The van der Waals surface area contributed by atoms with Gasteiger partial charge in [-0.25, -0.2) is 4.98 Å². The zero-order valence-electron chi connectivity index (χ0n) is 11.1. The Morgan fingerprint density at radius 2 is 2.21 bits per heavy atom. The number of hydrogen-bond acceptors (Lipinski definition) is 4. The Balaban J connectivity index is 1.46. The second kappa shape index (κ2) is 6.26. The van der Waals surface area contributed by atoms with Crippen molar-refractivity contribution in [3.63, 3.8) is 0 Å². The van der Waals surface area contributed by atoms with E-state index in [1.165, 1.54) is 46.8 Å². The maximum atomic E-state index is 4.76. The first kappa shape index (κ1) is 12.8. The van der Waals surface area contributed by atoms with Crippen molar-refractivity contribution < 1.29 is 0 Å². The lowest BCUT2D eigenvalue weighted by atomic mass is 10.0. The van der Waals surface area contributed by atoms with Crippen LogP contribution in [0, 0.1) is 0 Å². The third-order valence-corrected chi connectivity index (χ3v) is 4.67. The highest BCUT2D eigenvalue weighted by atomic mass is 32.1. The van der Waals surface area contributed by atoms with E-state index >= 15 is 0 Å². The summed E-state index contributed by atoms with van der Waals surface area (Å²) in [5, 5.41) is 4.75. The molecule has 0 fully saturated rings. The van der Waals surface area contributed by atoms with Crippen molar-refractivity contribution in [2.75, 3.05) is 6.54 Å². The predicted octanol–water partition coefficient (Wildman–Crippen LogP) is 2.75. The average Bonchev–Trinajstić information content (AvgIpc) is 2.87. The fraction of sp³-hybridized carbons (Fsp3) is 0.467. The first-order valence-corrected chi connectivity index (χ1v) is 7.80. The molecule has 0 atom stereocenters. The highest BCUT2D eigenvalue weighted by molar-refractivity contribution is 7.11. The number of hydrogen-bond donors (Lipinski definition) is 1. The molecule has 2 aromatic rings. The number of pyridine rings is 1. The van der Waals surface area contributed by atoms with Gasteiger partial charge in [-0.05, 0) is 37.3 Å². The molecule has 2 heterocycles. The van der Waals surface area contributed by atoms with E-state index in [1.54, 1.807) is 0 Å². The molecule has 0 bridgehead atoms. The molecular weight excluding hydrogens is 254 g/mol. The normalized spacial score (nSPS) is 14.3. The van der Waals surface area contributed by atoms with Gasteiger partial charge in [0.2, 0.25) is 0 Å². The Bertz CT molecular complexity index is 498. The van der Waals surface area contributed by atoms with Crippen LogP contribution >= 0.6 is 11.3 Å². The monoisotopic (exact) mass is 273 g/mol. The molecule has 1 N–H and O–H groups in total. The van der Waals surface area contributed by atoms with Crippen LogP contribution in [0.2, 0.25) is 0 Å². The summed E-state index contributed by atoms with van der Waals surface area (Å²) in [5.41, 5.74) is 2.61. The lowest BCUT2D eigenvalue weighted by molar-refractivity contribution is 0.669. The smallest absolute Gasteiger partial charge is 0.0943 e. The van der Waals surface area contributed by atoms with Crippen molar-refractivity contribution in [1.29, 1.82) is 0 Å². The summed E-state index contributed by atoms with van der Waals surface area (Å²) in [6, 6.07) is 4.08. The van der Waals surface area contributed by atoms with Gasteiger partial charge < -0.3 is 5.32 Å². The Morgan fingerprint density at radius 1 is 1.26 bits per heavy atom. The minimum absolute atomic E-state index is 0.888. The fourth-order valence-corrected chi connectivity index (χ4v) is 3.60. The van der Waals surface area contributed by atoms with Gasteiger partial charge in [0.05, 0.1) is 10.7 Å². The molecule has 1 aliphatic rings. The molecule has 0 saturated carbocycles. The van der Waals surface area contributed by atoms with Crippen LogP contribution in [-0.4, -0.2) is 16.5 Å². The number of thiazole rings is 1. The van der Waals surface area contributed by atoms with Crippen molar-refractivity contribution in [2.24, 2.45) is 0 Å². The minimum Gasteiger partial charge on any atom is -0.312 e. The van der Waals surface area contributed by atoms with E-state index in [1.807, 2.05) is 29.8 Å². The van der Waals surface area contributed by atoms with Crippen LogP contribution in [0.25, 0.3) is 0 Å². The number of nitrogens with zero attached hydrogens (tertiary/aromatic N) is 2. The summed E-state index contributed by atoms with van der Waals surface area (Å²) >= 11 is 1.92. The third kappa shape index (κ3) is 3.39. The maximum absolute atomic E-state index is 4.76. The van der Waals surface area contributed by atoms with Gasteiger partial charge in [-0.15, -0.1) is 11.3 Å². The standard InChI is InChI=1S/C15H19N3S/c1-2-6-14-13(5-1)18-15(19-14)7-9-17-11-12-4-3-8-16-10-12/h3-4,8,10,17H,1-2,5-7,9,11H2. The number of aromatic nitrogens is 2. The highest BCUT2D eigenvalue weighted by Gasteiger charge is 2.14. The van der Waals surface area contributed by atoms with Crippen molar-refractivity contribution in [3.05, 3.63) is 45.7 Å². The van der Waals surface area contributed by atoms with Crippen molar-refractivity contribution in [2.45, 2.75) is 38.6 Å². The van der Waals surface area contributed by atoms with Gasteiger partial charge in [-0.3, -0.25) is 4.98 Å². The van der Waals surface area contributed by atoms with E-state index < -0.39 is 0 Å². The van der Waals surface area contributed by atoms with Crippen LogP contribution in [0.5, 0.6) is 0 Å². The molecule has 0 aliphatic heterocycles. The summed E-state index contributed by atoms with van der Waals surface area (Å²) in [5.74, 6) is 0. The van der Waals surface area contributed by atoms with Crippen LogP contribution < -0.4 is 5.32 Å².